The second kappa shape index (κ2) is 4.78. The lowest BCUT2D eigenvalue weighted by Gasteiger charge is -1.98. The predicted octanol–water partition coefficient (Wildman–Crippen LogP) is 1.36. The third-order valence-corrected chi connectivity index (χ3v) is 1.23. The zero-order valence-corrected chi connectivity index (χ0v) is 6.06. The Bertz CT molecular complexity index is 174. The molecule has 2 N–H and O–H groups in total. The van der Waals surface area contributed by atoms with Crippen LogP contribution in [0.5, 0.6) is 0 Å². The lowest BCUT2D eigenvalue weighted by atomic mass is 10.1. The van der Waals surface area contributed by atoms with E-state index in [4.69, 9.17) is 11.0 Å². The van der Waals surface area contributed by atoms with Gasteiger partial charge >= 0.3 is 0 Å². The Morgan fingerprint density at radius 3 is 2.40 bits per heavy atom. The van der Waals surface area contributed by atoms with Crippen LogP contribution in [-0.4, -0.2) is 6.54 Å². The van der Waals surface area contributed by atoms with Gasteiger partial charge in [-0.1, -0.05) is 18.7 Å². The van der Waals surface area contributed by atoms with E-state index in [9.17, 15) is 0 Å². The van der Waals surface area contributed by atoms with Gasteiger partial charge in [-0.3, -0.25) is 0 Å². The number of nitrogens with zero attached hydrogens (tertiary/aromatic N) is 1. The Kier molecular flexibility index (Phi) is 4.26. The molecule has 0 unspecified atom stereocenters. The van der Waals surface area contributed by atoms with Crippen molar-refractivity contribution in [1.29, 1.82) is 5.26 Å². The average Bonchev–Trinajstić information content (AvgIpc) is 1.99. The summed E-state index contributed by atoms with van der Waals surface area (Å²) in [7, 11) is 0. The van der Waals surface area contributed by atoms with Gasteiger partial charge in [0.05, 0.1) is 6.07 Å². The maximum Gasteiger partial charge on any atom is 0.0940 e. The smallest absolute Gasteiger partial charge is 0.0940 e. The lowest BCUT2D eigenvalue weighted by molar-refractivity contribution is 0.917. The second-order valence-electron chi connectivity index (χ2n) is 2.17. The zero-order valence-electron chi connectivity index (χ0n) is 6.06. The van der Waals surface area contributed by atoms with Crippen LogP contribution in [0.4, 0.5) is 0 Å². The normalized spacial score (nSPS) is 8.40. The fourth-order valence-electron chi connectivity index (χ4n) is 0.486. The Hall–Kier alpha value is -1.07. The van der Waals surface area contributed by atoms with Crippen molar-refractivity contribution >= 4 is 0 Å². The van der Waals surface area contributed by atoms with E-state index in [2.05, 4.69) is 13.2 Å². The molecule has 0 aliphatic rings. The first-order valence-corrected chi connectivity index (χ1v) is 3.15. The Morgan fingerprint density at radius 1 is 1.40 bits per heavy atom. The van der Waals surface area contributed by atoms with Crippen LogP contribution in [0.3, 0.4) is 0 Å². The average molecular weight is 136 g/mol. The van der Waals surface area contributed by atoms with Crippen LogP contribution >= 0.6 is 0 Å². The highest BCUT2D eigenvalue weighted by atomic mass is 14.5. The first-order chi connectivity index (χ1) is 4.70. The van der Waals surface area contributed by atoms with E-state index in [-0.39, 0.29) is 0 Å². The molecule has 0 fully saturated rings. The molecular weight excluding hydrogens is 124 g/mol. The molecule has 0 radical (unpaired) electrons. The summed E-state index contributed by atoms with van der Waals surface area (Å²) in [6, 6.07) is 1.97. The molecule has 0 amide bonds. The third-order valence-electron chi connectivity index (χ3n) is 1.23. The van der Waals surface area contributed by atoms with Gasteiger partial charge < -0.3 is 5.73 Å². The van der Waals surface area contributed by atoms with Crippen molar-refractivity contribution in [3.8, 4) is 6.07 Å². The highest BCUT2D eigenvalue weighted by Crippen LogP contribution is 2.05. The van der Waals surface area contributed by atoms with E-state index >= 15 is 0 Å². The number of allylic oxidation sites excluding steroid dienone is 1. The molecule has 0 aromatic carbocycles. The summed E-state index contributed by atoms with van der Waals surface area (Å²) < 4.78 is 0. The minimum absolute atomic E-state index is 0.499. The quantitative estimate of drug-likeness (QED) is 0.468. The van der Waals surface area contributed by atoms with Crippen LogP contribution in [0.15, 0.2) is 24.3 Å². The van der Waals surface area contributed by atoms with Crippen molar-refractivity contribution in [3.05, 3.63) is 24.3 Å². The highest BCUT2D eigenvalue weighted by Gasteiger charge is 1.93. The van der Waals surface area contributed by atoms with Crippen LogP contribution < -0.4 is 5.73 Å². The predicted molar refractivity (Wildman–Crippen MR) is 42.2 cm³/mol. The van der Waals surface area contributed by atoms with Crippen LogP contribution in [0.25, 0.3) is 0 Å². The third kappa shape index (κ3) is 3.88. The summed E-state index contributed by atoms with van der Waals surface area (Å²) in [4.78, 5) is 0. The van der Waals surface area contributed by atoms with Gasteiger partial charge in [0.1, 0.15) is 0 Å². The number of hydrogen-bond donors (Lipinski definition) is 1. The molecule has 10 heavy (non-hydrogen) atoms. The summed E-state index contributed by atoms with van der Waals surface area (Å²) in [5.74, 6) is 0. The summed E-state index contributed by atoms with van der Waals surface area (Å²) in [5, 5.41) is 8.31. The van der Waals surface area contributed by atoms with Gasteiger partial charge in [-0.2, -0.15) is 5.26 Å². The van der Waals surface area contributed by atoms with Crippen LogP contribution in [-0.2, 0) is 0 Å². The first kappa shape index (κ1) is 8.93. The highest BCUT2D eigenvalue weighted by molar-refractivity contribution is 5.17. The molecular formula is C8H12N2. The molecule has 0 aromatic heterocycles. The van der Waals surface area contributed by atoms with Crippen molar-refractivity contribution < 1.29 is 0 Å². The molecule has 0 heterocycles. The maximum atomic E-state index is 8.31. The van der Waals surface area contributed by atoms with Crippen molar-refractivity contribution in [2.45, 2.75) is 12.8 Å². The molecule has 0 atom stereocenters. The van der Waals surface area contributed by atoms with E-state index in [1.54, 1.807) is 0 Å². The molecule has 0 aliphatic heterocycles. The van der Waals surface area contributed by atoms with E-state index in [0.29, 0.717) is 18.5 Å². The topological polar surface area (TPSA) is 49.8 Å². The number of rotatable bonds is 4. The van der Waals surface area contributed by atoms with Crippen LogP contribution in [0, 0.1) is 11.3 Å². The van der Waals surface area contributed by atoms with Crippen molar-refractivity contribution in [2.24, 2.45) is 5.73 Å². The molecule has 2 nitrogen and oxygen atoms in total. The molecule has 0 spiro atoms. The van der Waals surface area contributed by atoms with Crippen molar-refractivity contribution in [3.63, 3.8) is 0 Å². The van der Waals surface area contributed by atoms with E-state index in [1.165, 1.54) is 0 Å². The Labute approximate surface area is 61.6 Å². The molecule has 0 rings (SSSR count). The van der Waals surface area contributed by atoms with E-state index in [0.717, 1.165) is 12.0 Å². The van der Waals surface area contributed by atoms with Gasteiger partial charge in [0.2, 0.25) is 0 Å². The first-order valence-electron chi connectivity index (χ1n) is 3.15. The summed E-state index contributed by atoms with van der Waals surface area (Å²) in [6.07, 6.45) is 1.47. The largest absolute Gasteiger partial charge is 0.327 e. The molecule has 0 saturated carbocycles. The van der Waals surface area contributed by atoms with Gasteiger partial charge in [-0.25, -0.2) is 0 Å². The van der Waals surface area contributed by atoms with Crippen molar-refractivity contribution in [1.82, 2.24) is 0 Å². The van der Waals surface area contributed by atoms with Gasteiger partial charge in [0, 0.05) is 12.1 Å². The molecule has 0 aliphatic carbocycles. The Morgan fingerprint density at radius 2 is 2.00 bits per heavy atom. The Balaban J connectivity index is 3.48. The summed E-state index contributed by atoms with van der Waals surface area (Å²) >= 11 is 0. The molecule has 0 aromatic rings. The summed E-state index contributed by atoms with van der Waals surface area (Å²) in [5.41, 5.74) is 6.85. The van der Waals surface area contributed by atoms with Gasteiger partial charge in [-0.15, -0.1) is 0 Å². The van der Waals surface area contributed by atoms with E-state index < -0.39 is 0 Å². The van der Waals surface area contributed by atoms with Gasteiger partial charge in [0.25, 0.3) is 0 Å². The van der Waals surface area contributed by atoms with E-state index in [1.807, 2.05) is 6.07 Å². The number of nitriles is 1. The standard InChI is InChI=1S/C8H12N2/c1-7(5-9)3-4-8(2)6-10/h1-5,9H2. The molecule has 0 saturated heterocycles. The minimum atomic E-state index is 0.499. The lowest BCUT2D eigenvalue weighted by Crippen LogP contribution is -2.01. The van der Waals surface area contributed by atoms with Crippen LogP contribution in [0.2, 0.25) is 0 Å². The minimum Gasteiger partial charge on any atom is -0.327 e. The van der Waals surface area contributed by atoms with Crippen LogP contribution in [0.1, 0.15) is 12.8 Å². The maximum absolute atomic E-state index is 8.31. The number of hydrogen-bond acceptors (Lipinski definition) is 2. The zero-order chi connectivity index (χ0) is 7.98. The molecule has 0 bridgehead atoms. The molecule has 54 valence electrons. The number of nitrogens with two attached hydrogens (primary N) is 1. The fourth-order valence-corrected chi connectivity index (χ4v) is 0.486. The summed E-state index contributed by atoms with van der Waals surface area (Å²) in [6.45, 7) is 7.74. The monoisotopic (exact) mass is 136 g/mol. The van der Waals surface area contributed by atoms with Crippen molar-refractivity contribution in [2.75, 3.05) is 6.54 Å². The second-order valence-corrected chi connectivity index (χ2v) is 2.17. The SMILES string of the molecule is C=C(C#N)CCC(=C)CN. The van der Waals surface area contributed by atoms with Gasteiger partial charge in [0.15, 0.2) is 0 Å². The fraction of sp³-hybridized carbons (Fsp3) is 0.375. The van der Waals surface area contributed by atoms with Gasteiger partial charge in [-0.05, 0) is 12.8 Å². The molecule has 2 heteroatoms.